The van der Waals surface area contributed by atoms with Crippen molar-refractivity contribution in [3.8, 4) is 0 Å². The maximum absolute atomic E-state index is 13.4. The number of halogens is 3. The zero-order valence-corrected chi connectivity index (χ0v) is 11.0. The highest BCUT2D eigenvalue weighted by molar-refractivity contribution is 6.36. The second kappa shape index (κ2) is 5.43. The molecule has 1 amide bonds. The number of aliphatic hydroxyl groups is 1. The molecule has 1 atom stereocenters. The van der Waals surface area contributed by atoms with Crippen LogP contribution in [0, 0.1) is 5.82 Å². The Morgan fingerprint density at radius 1 is 1.44 bits per heavy atom. The number of hydrogen-bond donors (Lipinski definition) is 1. The van der Waals surface area contributed by atoms with Gasteiger partial charge >= 0.3 is 0 Å². The van der Waals surface area contributed by atoms with Crippen LogP contribution in [0.1, 0.15) is 23.2 Å². The van der Waals surface area contributed by atoms with Crippen LogP contribution in [0.15, 0.2) is 12.1 Å². The molecule has 1 N–H and O–H groups in total. The molecule has 0 saturated carbocycles. The van der Waals surface area contributed by atoms with E-state index < -0.39 is 5.82 Å². The monoisotopic (exact) mass is 291 g/mol. The van der Waals surface area contributed by atoms with Crippen molar-refractivity contribution < 1.29 is 14.3 Å². The smallest absolute Gasteiger partial charge is 0.255 e. The average molecular weight is 292 g/mol. The molecule has 2 rings (SSSR count). The minimum atomic E-state index is -0.677. The summed E-state index contributed by atoms with van der Waals surface area (Å²) < 4.78 is 13.4. The first-order valence-electron chi connectivity index (χ1n) is 5.61. The lowest BCUT2D eigenvalue weighted by atomic mass is 10.1. The highest BCUT2D eigenvalue weighted by Crippen LogP contribution is 2.27. The van der Waals surface area contributed by atoms with Crippen molar-refractivity contribution in [1.82, 2.24) is 4.90 Å². The summed E-state index contributed by atoms with van der Waals surface area (Å²) in [6.07, 6.45) is 1.57. The number of amides is 1. The van der Waals surface area contributed by atoms with Gasteiger partial charge in [-0.1, -0.05) is 23.2 Å². The Balaban J connectivity index is 2.31. The van der Waals surface area contributed by atoms with Gasteiger partial charge in [-0.15, -0.1) is 0 Å². The summed E-state index contributed by atoms with van der Waals surface area (Å²) in [7, 11) is 0. The molecule has 98 valence electrons. The first kappa shape index (κ1) is 13.6. The van der Waals surface area contributed by atoms with E-state index in [0.717, 1.165) is 18.9 Å². The molecule has 1 aromatic carbocycles. The Kier molecular flexibility index (Phi) is 4.10. The third kappa shape index (κ3) is 2.46. The second-order valence-electron chi connectivity index (χ2n) is 4.22. The van der Waals surface area contributed by atoms with Crippen molar-refractivity contribution in [3.05, 3.63) is 33.6 Å². The maximum Gasteiger partial charge on any atom is 0.255 e. The molecule has 6 heteroatoms. The molecule has 1 saturated heterocycles. The molecular weight excluding hydrogens is 280 g/mol. The van der Waals surface area contributed by atoms with Gasteiger partial charge in [0.25, 0.3) is 5.91 Å². The zero-order valence-electron chi connectivity index (χ0n) is 9.50. The van der Waals surface area contributed by atoms with E-state index in [1.165, 1.54) is 11.0 Å². The minimum Gasteiger partial charge on any atom is -0.394 e. The number of carbonyl (C=O) groups excluding carboxylic acids is 1. The largest absolute Gasteiger partial charge is 0.394 e. The normalized spacial score (nSPS) is 19.3. The van der Waals surface area contributed by atoms with Gasteiger partial charge in [0, 0.05) is 6.54 Å². The molecule has 0 radical (unpaired) electrons. The Hall–Kier alpha value is -0.840. The van der Waals surface area contributed by atoms with Crippen LogP contribution < -0.4 is 0 Å². The summed E-state index contributed by atoms with van der Waals surface area (Å²) in [4.78, 5) is 13.7. The average Bonchev–Trinajstić information content (AvgIpc) is 2.81. The molecule has 0 aromatic heterocycles. The van der Waals surface area contributed by atoms with E-state index in [1.54, 1.807) is 0 Å². The molecule has 1 aliphatic heterocycles. The van der Waals surface area contributed by atoms with Gasteiger partial charge in [-0.25, -0.2) is 4.39 Å². The van der Waals surface area contributed by atoms with Gasteiger partial charge in [-0.05, 0) is 25.0 Å². The summed E-state index contributed by atoms with van der Waals surface area (Å²) in [6.45, 7) is 0.448. The van der Waals surface area contributed by atoms with Crippen molar-refractivity contribution in [2.24, 2.45) is 0 Å². The predicted octanol–water partition coefficient (Wildman–Crippen LogP) is 2.73. The topological polar surface area (TPSA) is 40.5 Å². The molecule has 0 unspecified atom stereocenters. The molecule has 1 aliphatic rings. The zero-order chi connectivity index (χ0) is 13.3. The van der Waals surface area contributed by atoms with E-state index in [1.807, 2.05) is 0 Å². The van der Waals surface area contributed by atoms with Crippen molar-refractivity contribution in [2.75, 3.05) is 13.2 Å². The highest BCUT2D eigenvalue weighted by Gasteiger charge is 2.30. The lowest BCUT2D eigenvalue weighted by Gasteiger charge is -2.23. The van der Waals surface area contributed by atoms with Gasteiger partial charge in [-0.2, -0.15) is 0 Å². The fourth-order valence-electron chi connectivity index (χ4n) is 2.13. The Morgan fingerprint density at radius 2 is 2.17 bits per heavy atom. The van der Waals surface area contributed by atoms with Crippen LogP contribution in [0.3, 0.4) is 0 Å². The Labute approximate surface area is 114 Å². The third-order valence-corrected chi connectivity index (χ3v) is 3.69. The van der Waals surface area contributed by atoms with Crippen LogP contribution in [0.25, 0.3) is 0 Å². The van der Waals surface area contributed by atoms with E-state index in [9.17, 15) is 14.3 Å². The van der Waals surface area contributed by atoms with Crippen molar-refractivity contribution in [1.29, 1.82) is 0 Å². The van der Waals surface area contributed by atoms with Gasteiger partial charge < -0.3 is 10.0 Å². The third-order valence-electron chi connectivity index (χ3n) is 3.09. The predicted molar refractivity (Wildman–Crippen MR) is 67.6 cm³/mol. The van der Waals surface area contributed by atoms with Gasteiger partial charge in [0.15, 0.2) is 0 Å². The summed E-state index contributed by atoms with van der Waals surface area (Å²) in [5.74, 6) is -1.05. The molecule has 18 heavy (non-hydrogen) atoms. The van der Waals surface area contributed by atoms with Crippen molar-refractivity contribution in [3.63, 3.8) is 0 Å². The second-order valence-corrected chi connectivity index (χ2v) is 5.04. The SMILES string of the molecule is O=C(c1cc(F)c(Cl)cc1Cl)N1CCC[C@H]1CO. The van der Waals surface area contributed by atoms with Crippen LogP contribution in [-0.4, -0.2) is 35.1 Å². The number of aliphatic hydroxyl groups excluding tert-OH is 1. The molecule has 0 bridgehead atoms. The Morgan fingerprint density at radius 3 is 2.83 bits per heavy atom. The quantitative estimate of drug-likeness (QED) is 0.851. The van der Waals surface area contributed by atoms with E-state index >= 15 is 0 Å². The van der Waals surface area contributed by atoms with E-state index in [-0.39, 0.29) is 34.2 Å². The van der Waals surface area contributed by atoms with Gasteiger partial charge in [-0.3, -0.25) is 4.79 Å². The molecular formula is C12H12Cl2FNO2. The van der Waals surface area contributed by atoms with Gasteiger partial charge in [0.05, 0.1) is 28.3 Å². The van der Waals surface area contributed by atoms with Crippen LogP contribution >= 0.6 is 23.2 Å². The number of nitrogens with zero attached hydrogens (tertiary/aromatic N) is 1. The van der Waals surface area contributed by atoms with Crippen LogP contribution in [-0.2, 0) is 0 Å². The van der Waals surface area contributed by atoms with Gasteiger partial charge in [0.2, 0.25) is 0 Å². The fourth-order valence-corrected chi connectivity index (χ4v) is 2.60. The Bertz CT molecular complexity index is 481. The maximum atomic E-state index is 13.4. The number of hydrogen-bond acceptors (Lipinski definition) is 2. The number of rotatable bonds is 2. The summed E-state index contributed by atoms with van der Waals surface area (Å²) >= 11 is 11.5. The number of carbonyl (C=O) groups is 1. The summed E-state index contributed by atoms with van der Waals surface area (Å²) in [6, 6.07) is 2.04. The number of benzene rings is 1. The lowest BCUT2D eigenvalue weighted by Crippen LogP contribution is -2.37. The molecule has 1 heterocycles. The van der Waals surface area contributed by atoms with Crippen LogP contribution in [0.2, 0.25) is 10.0 Å². The van der Waals surface area contributed by atoms with E-state index in [0.29, 0.717) is 6.54 Å². The fraction of sp³-hybridized carbons (Fsp3) is 0.417. The first-order chi connectivity index (χ1) is 8.54. The molecule has 0 aliphatic carbocycles. The lowest BCUT2D eigenvalue weighted by molar-refractivity contribution is 0.0677. The summed E-state index contributed by atoms with van der Waals surface area (Å²) in [5, 5.41) is 9.18. The highest BCUT2D eigenvalue weighted by atomic mass is 35.5. The van der Waals surface area contributed by atoms with Crippen molar-refractivity contribution in [2.45, 2.75) is 18.9 Å². The van der Waals surface area contributed by atoms with E-state index in [4.69, 9.17) is 23.2 Å². The molecule has 0 spiro atoms. The first-order valence-corrected chi connectivity index (χ1v) is 6.36. The van der Waals surface area contributed by atoms with E-state index in [2.05, 4.69) is 0 Å². The molecule has 1 fully saturated rings. The minimum absolute atomic E-state index is 0.0823. The standard InChI is InChI=1S/C12H12Cl2FNO2/c13-9-5-10(14)11(15)4-8(9)12(18)16-3-1-2-7(16)6-17/h4-5,7,17H,1-3,6H2/t7-/m0/s1. The number of likely N-dealkylation sites (tertiary alicyclic amines) is 1. The van der Waals surface area contributed by atoms with Crippen LogP contribution in [0.4, 0.5) is 4.39 Å². The van der Waals surface area contributed by atoms with Gasteiger partial charge in [0.1, 0.15) is 5.82 Å². The van der Waals surface area contributed by atoms with Crippen molar-refractivity contribution >= 4 is 29.1 Å². The summed E-state index contributed by atoms with van der Waals surface area (Å²) in [5.41, 5.74) is 0.0823. The van der Waals surface area contributed by atoms with Crippen LogP contribution in [0.5, 0.6) is 0 Å². The molecule has 1 aromatic rings. The molecule has 3 nitrogen and oxygen atoms in total.